The SMILES string of the molecule is COc1cncc(N2C[C@@H]3C[C@H]2CN3C(=O)OC(C)(C)C)c1. The molecule has 1 aromatic rings. The number of nitrogens with zero attached hydrogens (tertiary/aromatic N) is 3. The molecule has 3 heterocycles. The van der Waals surface area contributed by atoms with Gasteiger partial charge in [-0.2, -0.15) is 0 Å². The van der Waals surface area contributed by atoms with Crippen molar-refractivity contribution < 1.29 is 14.3 Å². The Labute approximate surface area is 131 Å². The summed E-state index contributed by atoms with van der Waals surface area (Å²) in [5.74, 6) is 0.754. The van der Waals surface area contributed by atoms with Gasteiger partial charge in [0, 0.05) is 25.2 Å². The van der Waals surface area contributed by atoms with Crippen LogP contribution in [-0.4, -0.2) is 53.9 Å². The summed E-state index contributed by atoms with van der Waals surface area (Å²) in [6, 6.07) is 2.53. The Morgan fingerprint density at radius 1 is 1.27 bits per heavy atom. The zero-order valence-corrected chi connectivity index (χ0v) is 13.6. The molecule has 1 amide bonds. The van der Waals surface area contributed by atoms with Gasteiger partial charge in [-0.15, -0.1) is 0 Å². The molecule has 120 valence electrons. The molecule has 2 atom stereocenters. The predicted molar refractivity (Wildman–Crippen MR) is 83.3 cm³/mol. The van der Waals surface area contributed by atoms with E-state index in [2.05, 4.69) is 9.88 Å². The number of rotatable bonds is 2. The Bertz CT molecular complexity index is 570. The first kappa shape index (κ1) is 14.9. The van der Waals surface area contributed by atoms with Crippen LogP contribution in [0, 0.1) is 0 Å². The van der Waals surface area contributed by atoms with Crippen LogP contribution >= 0.6 is 0 Å². The molecule has 1 aromatic heterocycles. The van der Waals surface area contributed by atoms with Crippen molar-refractivity contribution in [2.24, 2.45) is 0 Å². The Morgan fingerprint density at radius 3 is 2.64 bits per heavy atom. The number of methoxy groups -OCH3 is 1. The molecule has 22 heavy (non-hydrogen) atoms. The fourth-order valence-electron chi connectivity index (χ4n) is 3.20. The zero-order chi connectivity index (χ0) is 15.9. The van der Waals surface area contributed by atoms with E-state index in [0.29, 0.717) is 12.6 Å². The third-order valence-electron chi connectivity index (χ3n) is 4.13. The highest BCUT2D eigenvalue weighted by Gasteiger charge is 2.46. The van der Waals surface area contributed by atoms with Crippen LogP contribution in [0.3, 0.4) is 0 Å². The molecule has 0 radical (unpaired) electrons. The number of pyridine rings is 1. The number of carbonyl (C=O) groups is 1. The third-order valence-corrected chi connectivity index (χ3v) is 4.13. The summed E-state index contributed by atoms with van der Waals surface area (Å²) >= 11 is 0. The first-order valence-electron chi connectivity index (χ1n) is 7.62. The van der Waals surface area contributed by atoms with Gasteiger partial charge in [0.05, 0.1) is 31.2 Å². The molecule has 2 saturated heterocycles. The van der Waals surface area contributed by atoms with Crippen LogP contribution in [0.2, 0.25) is 0 Å². The molecule has 0 saturated carbocycles. The average Bonchev–Trinajstić information content (AvgIpc) is 3.05. The zero-order valence-electron chi connectivity index (χ0n) is 13.6. The van der Waals surface area contributed by atoms with Crippen LogP contribution in [0.25, 0.3) is 0 Å². The quantitative estimate of drug-likeness (QED) is 0.839. The van der Waals surface area contributed by atoms with Gasteiger partial charge < -0.3 is 19.3 Å². The lowest BCUT2D eigenvalue weighted by atomic mass is 10.2. The highest BCUT2D eigenvalue weighted by atomic mass is 16.6. The lowest BCUT2D eigenvalue weighted by Gasteiger charge is -2.36. The number of ether oxygens (including phenoxy) is 2. The molecular weight excluding hydrogens is 282 g/mol. The van der Waals surface area contributed by atoms with Crippen LogP contribution in [0.1, 0.15) is 27.2 Å². The molecule has 0 N–H and O–H groups in total. The molecule has 2 fully saturated rings. The van der Waals surface area contributed by atoms with Gasteiger partial charge in [0.15, 0.2) is 0 Å². The van der Waals surface area contributed by atoms with E-state index in [1.54, 1.807) is 13.3 Å². The maximum atomic E-state index is 12.2. The smallest absolute Gasteiger partial charge is 0.410 e. The topological polar surface area (TPSA) is 54.9 Å². The van der Waals surface area contributed by atoms with E-state index in [-0.39, 0.29) is 12.1 Å². The minimum absolute atomic E-state index is 0.205. The lowest BCUT2D eigenvalue weighted by Crippen LogP contribution is -2.50. The van der Waals surface area contributed by atoms with E-state index in [4.69, 9.17) is 9.47 Å². The van der Waals surface area contributed by atoms with Crippen molar-refractivity contribution in [1.82, 2.24) is 9.88 Å². The van der Waals surface area contributed by atoms with Gasteiger partial charge in [0.1, 0.15) is 11.4 Å². The maximum Gasteiger partial charge on any atom is 0.410 e. The molecule has 6 nitrogen and oxygen atoms in total. The van der Waals surface area contributed by atoms with Crippen molar-refractivity contribution in [3.05, 3.63) is 18.5 Å². The Hall–Kier alpha value is -1.98. The fourth-order valence-corrected chi connectivity index (χ4v) is 3.20. The summed E-state index contributed by atoms with van der Waals surface area (Å²) in [5, 5.41) is 0. The largest absolute Gasteiger partial charge is 0.495 e. The van der Waals surface area contributed by atoms with Gasteiger partial charge in [-0.25, -0.2) is 4.79 Å². The fraction of sp³-hybridized carbons (Fsp3) is 0.625. The number of hydrogen-bond acceptors (Lipinski definition) is 5. The number of aromatic nitrogens is 1. The number of likely N-dealkylation sites (tertiary alicyclic amines) is 1. The molecule has 3 rings (SSSR count). The van der Waals surface area contributed by atoms with E-state index >= 15 is 0 Å². The van der Waals surface area contributed by atoms with Crippen LogP contribution in [0.5, 0.6) is 5.75 Å². The molecule has 0 spiro atoms. The van der Waals surface area contributed by atoms with Gasteiger partial charge >= 0.3 is 6.09 Å². The first-order chi connectivity index (χ1) is 10.4. The number of fused-ring (bicyclic) bond motifs is 2. The number of amides is 1. The van der Waals surface area contributed by atoms with Gasteiger partial charge in [0.2, 0.25) is 0 Å². The normalized spacial score (nSPS) is 23.8. The molecule has 0 aliphatic carbocycles. The second kappa shape index (κ2) is 5.34. The molecule has 2 aliphatic rings. The van der Waals surface area contributed by atoms with Crippen molar-refractivity contribution >= 4 is 11.8 Å². The van der Waals surface area contributed by atoms with E-state index < -0.39 is 5.60 Å². The Balaban J connectivity index is 1.68. The molecule has 2 aliphatic heterocycles. The lowest BCUT2D eigenvalue weighted by molar-refractivity contribution is 0.0214. The van der Waals surface area contributed by atoms with Gasteiger partial charge in [-0.05, 0) is 27.2 Å². The maximum absolute atomic E-state index is 12.2. The highest BCUT2D eigenvalue weighted by molar-refractivity contribution is 5.70. The van der Waals surface area contributed by atoms with Crippen LogP contribution in [0.15, 0.2) is 18.5 Å². The van der Waals surface area contributed by atoms with Gasteiger partial charge in [-0.1, -0.05) is 0 Å². The van der Waals surface area contributed by atoms with Crippen molar-refractivity contribution in [2.75, 3.05) is 25.1 Å². The van der Waals surface area contributed by atoms with Crippen molar-refractivity contribution in [2.45, 2.75) is 44.9 Å². The van der Waals surface area contributed by atoms with E-state index in [0.717, 1.165) is 24.4 Å². The molecular formula is C16H23N3O3. The predicted octanol–water partition coefficient (Wildman–Crippen LogP) is 2.29. The monoisotopic (exact) mass is 305 g/mol. The molecule has 2 bridgehead atoms. The van der Waals surface area contributed by atoms with Crippen molar-refractivity contribution in [3.8, 4) is 5.75 Å². The van der Waals surface area contributed by atoms with Gasteiger partial charge in [-0.3, -0.25) is 4.98 Å². The summed E-state index contributed by atoms with van der Waals surface area (Å²) in [6.07, 6.45) is 4.32. The van der Waals surface area contributed by atoms with Crippen LogP contribution in [-0.2, 0) is 4.74 Å². The second-order valence-corrected chi connectivity index (χ2v) is 6.91. The summed E-state index contributed by atoms with van der Waals surface area (Å²) in [4.78, 5) is 20.6. The van der Waals surface area contributed by atoms with Crippen molar-refractivity contribution in [3.63, 3.8) is 0 Å². The summed E-state index contributed by atoms with van der Waals surface area (Å²) in [5.41, 5.74) is 0.602. The molecule has 0 unspecified atom stereocenters. The van der Waals surface area contributed by atoms with Crippen LogP contribution in [0.4, 0.5) is 10.5 Å². The second-order valence-electron chi connectivity index (χ2n) is 6.91. The summed E-state index contributed by atoms with van der Waals surface area (Å²) < 4.78 is 10.7. The van der Waals surface area contributed by atoms with E-state index in [9.17, 15) is 4.79 Å². The van der Waals surface area contributed by atoms with Gasteiger partial charge in [0.25, 0.3) is 0 Å². The minimum atomic E-state index is -0.449. The Morgan fingerprint density at radius 2 is 2.05 bits per heavy atom. The number of carbonyl (C=O) groups excluding carboxylic acids is 1. The van der Waals surface area contributed by atoms with E-state index in [1.165, 1.54) is 0 Å². The Kier molecular flexibility index (Phi) is 3.62. The molecule has 6 heteroatoms. The number of piperazine rings is 1. The van der Waals surface area contributed by atoms with Crippen LogP contribution < -0.4 is 9.64 Å². The first-order valence-corrected chi connectivity index (χ1v) is 7.62. The van der Waals surface area contributed by atoms with E-state index in [1.807, 2.05) is 37.9 Å². The number of hydrogen-bond donors (Lipinski definition) is 0. The summed E-state index contributed by atoms with van der Waals surface area (Å²) in [7, 11) is 1.64. The third kappa shape index (κ3) is 2.82. The number of anilines is 1. The highest BCUT2D eigenvalue weighted by Crippen LogP contribution is 2.35. The molecule has 0 aromatic carbocycles. The minimum Gasteiger partial charge on any atom is -0.495 e. The standard InChI is InChI=1S/C16H23N3O3/c1-16(2,3)22-15(20)19-10-12-5-13(19)9-18(12)11-6-14(21-4)8-17-7-11/h6-8,12-13H,5,9-10H2,1-4H3/t12-,13-/m0/s1. The van der Waals surface area contributed by atoms with Crippen molar-refractivity contribution in [1.29, 1.82) is 0 Å². The summed E-state index contributed by atoms with van der Waals surface area (Å²) in [6.45, 7) is 7.21. The average molecular weight is 305 g/mol.